The maximum atomic E-state index is 13.7. The number of carbonyl (C=O) groups is 5. The third-order valence-electron chi connectivity index (χ3n) is 6.95. The number of aromatic hydroxyl groups is 1. The number of methoxy groups -OCH3 is 1. The van der Waals surface area contributed by atoms with E-state index in [9.17, 15) is 29.1 Å². The number of phenols is 1. The second-order valence-electron chi connectivity index (χ2n) is 10.6. The third kappa shape index (κ3) is 13.9. The average Bonchev–Trinajstić information content (AvgIpc) is 3.01. The molecule has 3 amide bonds. The number of carbonyl (C=O) groups excluding carboxylic acids is 5. The van der Waals surface area contributed by atoms with Crippen molar-refractivity contribution in [3.63, 3.8) is 0 Å². The van der Waals surface area contributed by atoms with Gasteiger partial charge >= 0.3 is 0 Å². The van der Waals surface area contributed by atoms with Crippen molar-refractivity contribution < 1.29 is 43.8 Å². The van der Waals surface area contributed by atoms with Crippen molar-refractivity contribution in [1.82, 2.24) is 16.1 Å². The van der Waals surface area contributed by atoms with E-state index in [0.29, 0.717) is 13.2 Å². The van der Waals surface area contributed by atoms with E-state index in [1.165, 1.54) is 24.5 Å². The summed E-state index contributed by atoms with van der Waals surface area (Å²) in [6.45, 7) is 2.53. The summed E-state index contributed by atoms with van der Waals surface area (Å²) in [7, 11) is 1.54. The minimum Gasteiger partial charge on any atom is -0.508 e. The van der Waals surface area contributed by atoms with Crippen LogP contribution in [-0.4, -0.2) is 79.1 Å². The van der Waals surface area contributed by atoms with Crippen LogP contribution in [-0.2, 0) is 46.3 Å². The van der Waals surface area contributed by atoms with Crippen LogP contribution < -0.4 is 16.1 Å². The van der Waals surface area contributed by atoms with Gasteiger partial charge in [-0.15, -0.1) is 0 Å². The number of benzene rings is 2. The predicted octanol–water partition coefficient (Wildman–Crippen LogP) is 1.90. The Balaban J connectivity index is 2.22. The third-order valence-corrected chi connectivity index (χ3v) is 6.95. The van der Waals surface area contributed by atoms with Gasteiger partial charge in [-0.3, -0.25) is 24.4 Å². The van der Waals surface area contributed by atoms with Gasteiger partial charge in [0.1, 0.15) is 11.5 Å². The fourth-order valence-corrected chi connectivity index (χ4v) is 4.61. The maximum Gasteiger partial charge on any atom is 0.243 e. The molecular weight excluding hydrogens is 570 g/mol. The van der Waals surface area contributed by atoms with Crippen LogP contribution in [0.4, 0.5) is 0 Å². The molecule has 0 aromatic heterocycles. The van der Waals surface area contributed by atoms with Crippen molar-refractivity contribution in [2.45, 2.75) is 51.5 Å². The molecule has 0 radical (unpaired) electrons. The van der Waals surface area contributed by atoms with Crippen LogP contribution in [0, 0.1) is 11.8 Å². The normalized spacial score (nSPS) is 12.9. The van der Waals surface area contributed by atoms with E-state index in [0.717, 1.165) is 11.1 Å². The first-order valence-corrected chi connectivity index (χ1v) is 14.5. The summed E-state index contributed by atoms with van der Waals surface area (Å²) in [4.78, 5) is 64.1. The number of hydrogen-bond acceptors (Lipinski definition) is 9. The van der Waals surface area contributed by atoms with E-state index in [4.69, 9.17) is 14.7 Å². The molecule has 2 aromatic carbocycles. The van der Waals surface area contributed by atoms with Gasteiger partial charge in [0, 0.05) is 44.8 Å². The lowest BCUT2D eigenvalue weighted by Gasteiger charge is -2.24. The molecule has 240 valence electrons. The van der Waals surface area contributed by atoms with Crippen LogP contribution in [0.5, 0.6) is 5.75 Å². The molecule has 12 heteroatoms. The molecule has 0 saturated carbocycles. The highest BCUT2D eigenvalue weighted by Crippen LogP contribution is 2.19. The van der Waals surface area contributed by atoms with Crippen molar-refractivity contribution in [2.75, 3.05) is 33.5 Å². The number of hydroxylamine groups is 1. The van der Waals surface area contributed by atoms with E-state index in [-0.39, 0.29) is 63.2 Å². The number of phenolic OH excluding ortho intramolecular Hbond substituents is 1. The predicted molar refractivity (Wildman–Crippen MR) is 161 cm³/mol. The molecule has 0 aliphatic carbocycles. The van der Waals surface area contributed by atoms with Gasteiger partial charge in [-0.05, 0) is 49.4 Å². The summed E-state index contributed by atoms with van der Waals surface area (Å²) in [5.74, 6) is -3.89. The van der Waals surface area contributed by atoms with Gasteiger partial charge in [-0.25, -0.2) is 5.48 Å². The van der Waals surface area contributed by atoms with Crippen LogP contribution in [0.2, 0.25) is 0 Å². The molecule has 2 aromatic rings. The van der Waals surface area contributed by atoms with Gasteiger partial charge in [-0.1, -0.05) is 42.5 Å². The molecular formula is C32H43N3O9. The first-order chi connectivity index (χ1) is 21.1. The van der Waals surface area contributed by atoms with Crippen LogP contribution in [0.15, 0.2) is 54.6 Å². The van der Waals surface area contributed by atoms with Gasteiger partial charge in [0.25, 0.3) is 0 Å². The van der Waals surface area contributed by atoms with E-state index in [2.05, 4.69) is 10.6 Å². The fraction of sp³-hybridized carbons (Fsp3) is 0.469. The minimum absolute atomic E-state index is 0.0195. The summed E-state index contributed by atoms with van der Waals surface area (Å²) in [6.07, 6.45) is -0.180. The number of ether oxygens (including phenoxy) is 2. The van der Waals surface area contributed by atoms with E-state index in [1.807, 2.05) is 18.2 Å². The molecule has 0 spiro atoms. The highest BCUT2D eigenvalue weighted by atomic mass is 16.5. The van der Waals surface area contributed by atoms with Crippen molar-refractivity contribution in [1.29, 1.82) is 0 Å². The van der Waals surface area contributed by atoms with Crippen LogP contribution in [0.3, 0.4) is 0 Å². The van der Waals surface area contributed by atoms with Crippen LogP contribution in [0.25, 0.3) is 0 Å². The molecule has 0 saturated heterocycles. The summed E-state index contributed by atoms with van der Waals surface area (Å²) in [5, 5.41) is 24.1. The fourth-order valence-electron chi connectivity index (χ4n) is 4.61. The van der Waals surface area contributed by atoms with E-state index in [1.54, 1.807) is 31.4 Å². The number of Topliss-reactive ketones (excluding diaryl/α,β-unsaturated/α-hetero) is 2. The molecule has 44 heavy (non-hydrogen) atoms. The zero-order valence-corrected chi connectivity index (χ0v) is 25.3. The Morgan fingerprint density at radius 1 is 0.818 bits per heavy atom. The van der Waals surface area contributed by atoms with Gasteiger partial charge in [0.15, 0.2) is 5.78 Å². The summed E-state index contributed by atoms with van der Waals surface area (Å²) in [6, 6.07) is 14.4. The Labute approximate surface area is 257 Å². The Morgan fingerprint density at radius 3 is 2.14 bits per heavy atom. The SMILES string of the molecule is COCCOCCNC(=O)C(CCC(=O)NO)CC(=O)[C@@H](Cc1ccccc1)NC(=O)[C@@H](CC(C)=O)Cc1ccc(O)cc1. The second kappa shape index (κ2) is 19.9. The number of rotatable bonds is 21. The van der Waals surface area contributed by atoms with E-state index < -0.39 is 41.4 Å². The van der Waals surface area contributed by atoms with Gasteiger partial charge in [0.2, 0.25) is 17.7 Å². The van der Waals surface area contributed by atoms with Gasteiger partial charge < -0.3 is 30.0 Å². The lowest BCUT2D eigenvalue weighted by Crippen LogP contribution is -2.47. The molecule has 2 rings (SSSR count). The first-order valence-electron chi connectivity index (χ1n) is 14.5. The second-order valence-corrected chi connectivity index (χ2v) is 10.6. The Morgan fingerprint density at radius 2 is 1.50 bits per heavy atom. The quantitative estimate of drug-likeness (QED) is 0.0798. The highest BCUT2D eigenvalue weighted by molar-refractivity contribution is 5.94. The lowest BCUT2D eigenvalue weighted by molar-refractivity contribution is -0.134. The van der Waals surface area contributed by atoms with Crippen molar-refractivity contribution >= 4 is 29.3 Å². The zero-order chi connectivity index (χ0) is 32.3. The Hall–Kier alpha value is -4.13. The molecule has 0 aliphatic rings. The Bertz CT molecular complexity index is 1210. The van der Waals surface area contributed by atoms with Crippen molar-refractivity contribution in [3.05, 3.63) is 65.7 Å². The highest BCUT2D eigenvalue weighted by Gasteiger charge is 2.30. The lowest BCUT2D eigenvalue weighted by atomic mass is 9.89. The van der Waals surface area contributed by atoms with Crippen LogP contribution >= 0.6 is 0 Å². The molecule has 12 nitrogen and oxygen atoms in total. The summed E-state index contributed by atoms with van der Waals surface area (Å²) >= 11 is 0. The van der Waals surface area contributed by atoms with Crippen LogP contribution in [0.1, 0.15) is 43.7 Å². The van der Waals surface area contributed by atoms with E-state index >= 15 is 0 Å². The molecule has 5 N–H and O–H groups in total. The first kappa shape index (κ1) is 36.1. The standard InChI is InChI=1S/C32H43N3O9/c1-22(36)18-26(19-24-8-11-27(37)12-9-24)32(41)34-28(20-23-6-4-3-5-7-23)29(38)21-25(10-13-30(39)35-42)31(40)33-14-15-44-17-16-43-2/h3-9,11-12,25-26,28,37,42H,10,13-21H2,1-2H3,(H,33,40)(H,34,41)(H,35,39)/t25?,26-,28+/m0/s1. The molecule has 0 heterocycles. The average molecular weight is 614 g/mol. The topological polar surface area (TPSA) is 180 Å². The number of nitrogens with one attached hydrogen (secondary N) is 3. The molecule has 1 unspecified atom stereocenters. The Kier molecular flexibility index (Phi) is 16.3. The monoisotopic (exact) mass is 613 g/mol. The summed E-state index contributed by atoms with van der Waals surface area (Å²) < 4.78 is 10.3. The smallest absolute Gasteiger partial charge is 0.243 e. The maximum absolute atomic E-state index is 13.7. The largest absolute Gasteiger partial charge is 0.508 e. The van der Waals surface area contributed by atoms with Gasteiger partial charge in [0.05, 0.1) is 25.9 Å². The zero-order valence-electron chi connectivity index (χ0n) is 25.3. The summed E-state index contributed by atoms with van der Waals surface area (Å²) in [5.41, 5.74) is 3.05. The number of hydrogen-bond donors (Lipinski definition) is 5. The van der Waals surface area contributed by atoms with Crippen molar-refractivity contribution in [2.24, 2.45) is 11.8 Å². The molecule has 0 bridgehead atoms. The molecule has 0 fully saturated rings. The van der Waals surface area contributed by atoms with Gasteiger partial charge in [-0.2, -0.15) is 0 Å². The van der Waals surface area contributed by atoms with Crippen molar-refractivity contribution in [3.8, 4) is 5.75 Å². The molecule has 0 aliphatic heterocycles. The number of amides is 3. The molecule has 3 atom stereocenters. The number of ketones is 2. The minimum atomic E-state index is -1.02.